The number of carbonyl (C=O) groups is 1. The molecule has 0 radical (unpaired) electrons. The number of carbonyl (C=O) groups excluding carboxylic acids is 1. The van der Waals surface area contributed by atoms with Crippen molar-refractivity contribution in [3.05, 3.63) is 35.9 Å². The molecule has 1 N–H and O–H groups in total. The molecule has 1 fully saturated rings. The zero-order valence-corrected chi connectivity index (χ0v) is 12.6. The van der Waals surface area contributed by atoms with Crippen LogP contribution < -0.4 is 5.32 Å². The molecule has 0 aliphatic heterocycles. The number of hydrogen-bond acceptors (Lipinski definition) is 5. The Hall–Kier alpha value is -1.89. The van der Waals surface area contributed by atoms with Crippen LogP contribution in [-0.4, -0.2) is 37.4 Å². The van der Waals surface area contributed by atoms with Crippen LogP contribution in [0.15, 0.2) is 35.5 Å². The summed E-state index contributed by atoms with van der Waals surface area (Å²) >= 11 is 1.39. The zero-order valence-electron chi connectivity index (χ0n) is 11.8. The Bertz CT molecular complexity index is 611. The Kier molecular flexibility index (Phi) is 4.19. The van der Waals surface area contributed by atoms with Crippen molar-refractivity contribution < 1.29 is 4.79 Å². The highest BCUT2D eigenvalue weighted by Crippen LogP contribution is 2.23. The number of amides is 1. The van der Waals surface area contributed by atoms with E-state index in [2.05, 4.69) is 20.8 Å². The summed E-state index contributed by atoms with van der Waals surface area (Å²) in [5, 5.41) is 15.2. The summed E-state index contributed by atoms with van der Waals surface area (Å²) in [5.74, 6) is 0.0526. The maximum absolute atomic E-state index is 12.0. The van der Waals surface area contributed by atoms with Crippen LogP contribution in [0.3, 0.4) is 0 Å². The topological polar surface area (TPSA) is 72.7 Å². The van der Waals surface area contributed by atoms with Crippen molar-refractivity contribution in [3.8, 4) is 0 Å². The lowest BCUT2D eigenvalue weighted by atomic mass is 10.2. The SMILES string of the molecule is CC(Sc1nnnn1Cc1ccccc1)C(=O)NC1CC1. The van der Waals surface area contributed by atoms with E-state index in [1.165, 1.54) is 11.8 Å². The van der Waals surface area contributed by atoms with Crippen LogP contribution in [0.5, 0.6) is 0 Å². The van der Waals surface area contributed by atoms with Crippen LogP contribution in [0.25, 0.3) is 0 Å². The Morgan fingerprint density at radius 1 is 1.43 bits per heavy atom. The van der Waals surface area contributed by atoms with Crippen molar-refractivity contribution in [1.82, 2.24) is 25.5 Å². The second-order valence-electron chi connectivity index (χ2n) is 5.15. The van der Waals surface area contributed by atoms with Gasteiger partial charge in [-0.3, -0.25) is 4.79 Å². The summed E-state index contributed by atoms with van der Waals surface area (Å²) in [5.41, 5.74) is 1.13. The molecule has 3 rings (SSSR count). The van der Waals surface area contributed by atoms with Crippen molar-refractivity contribution in [2.75, 3.05) is 0 Å². The predicted molar refractivity (Wildman–Crippen MR) is 79.8 cm³/mol. The second-order valence-corrected chi connectivity index (χ2v) is 6.46. The summed E-state index contributed by atoms with van der Waals surface area (Å²) in [6, 6.07) is 10.4. The molecule has 1 unspecified atom stereocenters. The van der Waals surface area contributed by atoms with Gasteiger partial charge in [0.05, 0.1) is 11.8 Å². The van der Waals surface area contributed by atoms with Crippen LogP contribution in [0, 0.1) is 0 Å². The predicted octanol–water partition coefficient (Wildman–Crippen LogP) is 1.48. The van der Waals surface area contributed by atoms with E-state index in [0.29, 0.717) is 17.7 Å². The van der Waals surface area contributed by atoms with Crippen molar-refractivity contribution in [3.63, 3.8) is 0 Å². The van der Waals surface area contributed by atoms with Gasteiger partial charge in [-0.15, -0.1) is 5.10 Å². The molecule has 0 spiro atoms. The lowest BCUT2D eigenvalue weighted by Crippen LogP contribution is -2.32. The molecule has 0 bridgehead atoms. The smallest absolute Gasteiger partial charge is 0.233 e. The molecule has 1 atom stereocenters. The van der Waals surface area contributed by atoms with Crippen molar-refractivity contribution in [2.24, 2.45) is 0 Å². The van der Waals surface area contributed by atoms with Crippen LogP contribution >= 0.6 is 11.8 Å². The molecule has 1 saturated carbocycles. The van der Waals surface area contributed by atoms with E-state index in [9.17, 15) is 4.79 Å². The van der Waals surface area contributed by atoms with Gasteiger partial charge in [0.15, 0.2) is 0 Å². The third-order valence-electron chi connectivity index (χ3n) is 3.25. The van der Waals surface area contributed by atoms with Gasteiger partial charge in [0.25, 0.3) is 0 Å². The van der Waals surface area contributed by atoms with Crippen LogP contribution in [0.1, 0.15) is 25.3 Å². The van der Waals surface area contributed by atoms with Gasteiger partial charge < -0.3 is 5.32 Å². The first kappa shape index (κ1) is 14.1. The maximum atomic E-state index is 12.0. The molecular weight excluding hydrogens is 286 g/mol. The number of nitrogens with one attached hydrogen (secondary N) is 1. The molecule has 1 aliphatic carbocycles. The minimum atomic E-state index is -0.203. The Balaban J connectivity index is 1.63. The average molecular weight is 303 g/mol. The van der Waals surface area contributed by atoms with Gasteiger partial charge in [0, 0.05) is 6.04 Å². The van der Waals surface area contributed by atoms with E-state index < -0.39 is 0 Å². The Morgan fingerprint density at radius 3 is 2.90 bits per heavy atom. The van der Waals surface area contributed by atoms with Gasteiger partial charge in [-0.2, -0.15) is 0 Å². The van der Waals surface area contributed by atoms with Crippen LogP contribution in [0.2, 0.25) is 0 Å². The van der Waals surface area contributed by atoms with Gasteiger partial charge in [-0.05, 0) is 35.8 Å². The van der Waals surface area contributed by atoms with E-state index in [-0.39, 0.29) is 11.2 Å². The molecule has 6 nitrogen and oxygen atoms in total. The molecule has 110 valence electrons. The fourth-order valence-corrected chi connectivity index (χ4v) is 2.69. The molecule has 1 aromatic heterocycles. The number of thioether (sulfide) groups is 1. The molecule has 1 aliphatic rings. The molecular formula is C14H17N5OS. The Morgan fingerprint density at radius 2 is 2.19 bits per heavy atom. The van der Waals surface area contributed by atoms with Gasteiger partial charge in [0.2, 0.25) is 11.1 Å². The standard InChI is InChI=1S/C14H17N5OS/c1-10(13(20)15-12-7-8-12)21-14-16-17-18-19(14)9-11-5-3-2-4-6-11/h2-6,10,12H,7-9H2,1H3,(H,15,20). The minimum Gasteiger partial charge on any atom is -0.352 e. The van der Waals surface area contributed by atoms with Crippen LogP contribution in [-0.2, 0) is 11.3 Å². The first-order valence-electron chi connectivity index (χ1n) is 6.99. The van der Waals surface area contributed by atoms with Crippen molar-refractivity contribution in [1.29, 1.82) is 0 Å². The summed E-state index contributed by atoms with van der Waals surface area (Å²) in [6.45, 7) is 2.48. The first-order chi connectivity index (χ1) is 10.2. The van der Waals surface area contributed by atoms with Gasteiger partial charge in [0.1, 0.15) is 0 Å². The molecule has 1 amide bonds. The molecule has 1 aromatic carbocycles. The molecule has 21 heavy (non-hydrogen) atoms. The largest absolute Gasteiger partial charge is 0.352 e. The highest BCUT2D eigenvalue weighted by atomic mass is 32.2. The number of tetrazole rings is 1. The van der Waals surface area contributed by atoms with Gasteiger partial charge in [-0.1, -0.05) is 42.1 Å². The van der Waals surface area contributed by atoms with E-state index in [4.69, 9.17) is 0 Å². The number of benzene rings is 1. The normalized spacial score (nSPS) is 15.7. The third-order valence-corrected chi connectivity index (χ3v) is 4.32. The number of rotatable bonds is 6. The lowest BCUT2D eigenvalue weighted by Gasteiger charge is -2.11. The fourth-order valence-electron chi connectivity index (χ4n) is 1.89. The quantitative estimate of drug-likeness (QED) is 0.818. The minimum absolute atomic E-state index is 0.0526. The molecule has 7 heteroatoms. The second kappa shape index (κ2) is 6.26. The van der Waals surface area contributed by atoms with Crippen LogP contribution in [0.4, 0.5) is 0 Å². The number of nitrogens with zero attached hydrogens (tertiary/aromatic N) is 4. The molecule has 0 saturated heterocycles. The van der Waals surface area contributed by atoms with Crippen molar-refractivity contribution in [2.45, 2.75) is 42.8 Å². The maximum Gasteiger partial charge on any atom is 0.233 e. The fraction of sp³-hybridized carbons (Fsp3) is 0.429. The summed E-state index contributed by atoms with van der Waals surface area (Å²) < 4.78 is 1.72. The first-order valence-corrected chi connectivity index (χ1v) is 7.87. The summed E-state index contributed by atoms with van der Waals surface area (Å²) in [4.78, 5) is 12.0. The summed E-state index contributed by atoms with van der Waals surface area (Å²) in [7, 11) is 0. The third kappa shape index (κ3) is 3.81. The van der Waals surface area contributed by atoms with E-state index in [0.717, 1.165) is 18.4 Å². The van der Waals surface area contributed by atoms with Gasteiger partial charge >= 0.3 is 0 Å². The summed E-state index contributed by atoms with van der Waals surface area (Å²) in [6.07, 6.45) is 2.18. The highest BCUT2D eigenvalue weighted by Gasteiger charge is 2.26. The van der Waals surface area contributed by atoms with E-state index >= 15 is 0 Å². The number of hydrogen-bond donors (Lipinski definition) is 1. The van der Waals surface area contributed by atoms with E-state index in [1.807, 2.05) is 37.3 Å². The van der Waals surface area contributed by atoms with Gasteiger partial charge in [-0.25, -0.2) is 4.68 Å². The highest BCUT2D eigenvalue weighted by molar-refractivity contribution is 8.00. The molecule has 1 heterocycles. The molecule has 2 aromatic rings. The number of aromatic nitrogens is 4. The Labute approximate surface area is 127 Å². The van der Waals surface area contributed by atoms with Crippen molar-refractivity contribution >= 4 is 17.7 Å². The average Bonchev–Trinajstić information content (AvgIpc) is 3.20. The van der Waals surface area contributed by atoms with E-state index in [1.54, 1.807) is 4.68 Å². The monoisotopic (exact) mass is 303 g/mol. The zero-order chi connectivity index (χ0) is 14.7. The lowest BCUT2D eigenvalue weighted by molar-refractivity contribution is -0.120.